The Balaban J connectivity index is 2.05. The van der Waals surface area contributed by atoms with Gasteiger partial charge < -0.3 is 5.32 Å². The van der Waals surface area contributed by atoms with Crippen LogP contribution >= 0.6 is 11.6 Å². The predicted molar refractivity (Wildman–Crippen MR) is 106 cm³/mol. The molecule has 1 heterocycles. The molecule has 1 aliphatic heterocycles. The molecule has 9 heteroatoms. The Morgan fingerprint density at radius 2 is 1.93 bits per heavy atom. The van der Waals surface area contributed by atoms with Gasteiger partial charge >= 0.3 is 0 Å². The number of carbonyl (C=O) groups is 1. The largest absolute Gasteiger partial charge is 0.355 e. The number of nitriles is 1. The number of carbonyl (C=O) groups excluding carboxylic acids is 1. The summed E-state index contributed by atoms with van der Waals surface area (Å²) in [5.74, 6) is -1.11. The van der Waals surface area contributed by atoms with Gasteiger partial charge in [-0.3, -0.25) is 4.79 Å². The van der Waals surface area contributed by atoms with Crippen LogP contribution < -0.4 is 5.32 Å². The first-order chi connectivity index (χ1) is 13.8. The van der Waals surface area contributed by atoms with Crippen molar-refractivity contribution in [1.29, 1.82) is 5.26 Å². The minimum atomic E-state index is -4.12. The second kappa shape index (κ2) is 8.91. The molecule has 2 aromatic carbocycles. The normalized spacial score (nSPS) is 17.4. The van der Waals surface area contributed by atoms with Crippen LogP contribution in [0.2, 0.25) is 5.02 Å². The summed E-state index contributed by atoms with van der Waals surface area (Å²) in [4.78, 5) is 12.6. The van der Waals surface area contributed by atoms with E-state index in [-0.39, 0.29) is 22.6 Å². The highest BCUT2D eigenvalue weighted by molar-refractivity contribution is 7.89. The summed E-state index contributed by atoms with van der Waals surface area (Å²) in [6, 6.07) is 10.3. The number of amides is 1. The van der Waals surface area contributed by atoms with Gasteiger partial charge in [-0.25, -0.2) is 12.8 Å². The lowest BCUT2D eigenvalue weighted by Crippen LogP contribution is -2.48. The summed E-state index contributed by atoms with van der Waals surface area (Å²) < 4.78 is 42.3. The average molecular weight is 436 g/mol. The molecule has 1 amide bonds. The second-order valence-corrected chi connectivity index (χ2v) is 9.05. The first kappa shape index (κ1) is 21.2. The van der Waals surface area contributed by atoms with Crippen LogP contribution in [0.3, 0.4) is 0 Å². The average Bonchev–Trinajstić information content (AvgIpc) is 2.91. The fourth-order valence-electron chi connectivity index (χ4n) is 3.22. The van der Waals surface area contributed by atoms with E-state index in [1.54, 1.807) is 0 Å². The number of nitrogens with one attached hydrogen (secondary N) is 1. The highest BCUT2D eigenvalue weighted by Gasteiger charge is 2.37. The van der Waals surface area contributed by atoms with E-state index in [1.165, 1.54) is 36.4 Å². The Kier molecular flexibility index (Phi) is 6.52. The highest BCUT2D eigenvalue weighted by Crippen LogP contribution is 2.26. The number of benzene rings is 2. The zero-order valence-electron chi connectivity index (χ0n) is 15.4. The van der Waals surface area contributed by atoms with Gasteiger partial charge in [0.25, 0.3) is 0 Å². The third-order valence-corrected chi connectivity index (χ3v) is 6.90. The van der Waals surface area contributed by atoms with Crippen LogP contribution in [-0.4, -0.2) is 31.2 Å². The smallest absolute Gasteiger partial charge is 0.244 e. The number of sulfonamides is 1. The second-order valence-electron chi connectivity index (χ2n) is 6.72. The van der Waals surface area contributed by atoms with Gasteiger partial charge in [0.05, 0.1) is 16.5 Å². The molecule has 1 atom stereocenters. The van der Waals surface area contributed by atoms with Crippen LogP contribution in [0.4, 0.5) is 4.39 Å². The van der Waals surface area contributed by atoms with Crippen molar-refractivity contribution in [1.82, 2.24) is 9.62 Å². The molecule has 1 fully saturated rings. The quantitative estimate of drug-likeness (QED) is 0.780. The van der Waals surface area contributed by atoms with Gasteiger partial charge in [-0.2, -0.15) is 9.57 Å². The van der Waals surface area contributed by atoms with Crippen LogP contribution in [0.25, 0.3) is 0 Å². The first-order valence-corrected chi connectivity index (χ1v) is 10.9. The Hall–Kier alpha value is -2.47. The van der Waals surface area contributed by atoms with Crippen molar-refractivity contribution in [3.63, 3.8) is 0 Å². The molecule has 1 saturated heterocycles. The van der Waals surface area contributed by atoms with Crippen LogP contribution in [0, 0.1) is 17.1 Å². The van der Waals surface area contributed by atoms with Crippen molar-refractivity contribution in [3.05, 3.63) is 64.4 Å². The van der Waals surface area contributed by atoms with Crippen LogP contribution in [-0.2, 0) is 21.4 Å². The van der Waals surface area contributed by atoms with E-state index in [2.05, 4.69) is 5.32 Å². The molecule has 0 bridgehead atoms. The maximum atomic E-state index is 14.5. The van der Waals surface area contributed by atoms with Crippen molar-refractivity contribution < 1.29 is 17.6 Å². The molecular weight excluding hydrogens is 417 g/mol. The summed E-state index contributed by atoms with van der Waals surface area (Å²) in [5, 5.41) is 12.0. The van der Waals surface area contributed by atoms with Crippen molar-refractivity contribution in [2.75, 3.05) is 6.54 Å². The molecule has 0 spiro atoms. The highest BCUT2D eigenvalue weighted by atomic mass is 35.5. The summed E-state index contributed by atoms with van der Waals surface area (Å²) in [5.41, 5.74) is 0.212. The number of nitrogens with zero attached hydrogens (tertiary/aromatic N) is 2. The van der Waals surface area contributed by atoms with E-state index in [4.69, 9.17) is 16.9 Å². The van der Waals surface area contributed by atoms with E-state index >= 15 is 0 Å². The lowest BCUT2D eigenvalue weighted by molar-refractivity contribution is -0.124. The molecule has 1 N–H and O–H groups in total. The molecule has 2 aromatic rings. The van der Waals surface area contributed by atoms with Crippen molar-refractivity contribution in [2.24, 2.45) is 0 Å². The van der Waals surface area contributed by atoms with Gasteiger partial charge in [-0.05, 0) is 55.7 Å². The van der Waals surface area contributed by atoms with Crippen molar-refractivity contribution in [2.45, 2.75) is 36.7 Å². The van der Waals surface area contributed by atoms with E-state index in [1.807, 2.05) is 6.07 Å². The zero-order chi connectivity index (χ0) is 21.0. The van der Waals surface area contributed by atoms with Crippen molar-refractivity contribution in [3.8, 4) is 6.07 Å². The first-order valence-electron chi connectivity index (χ1n) is 9.06. The summed E-state index contributed by atoms with van der Waals surface area (Å²) in [6.07, 6.45) is 1.73. The Morgan fingerprint density at radius 3 is 2.59 bits per heavy atom. The van der Waals surface area contributed by atoms with E-state index in [0.717, 1.165) is 16.8 Å². The lowest BCUT2D eigenvalue weighted by Gasteiger charge is -2.29. The molecule has 29 heavy (non-hydrogen) atoms. The molecule has 0 saturated carbocycles. The fourth-order valence-corrected chi connectivity index (χ4v) is 4.94. The lowest BCUT2D eigenvalue weighted by atomic mass is 10.1. The van der Waals surface area contributed by atoms with E-state index in [9.17, 15) is 17.6 Å². The SMILES string of the molecule is N#Cc1ccc(CN(C2CCCCNC2=O)S(=O)(=O)c2ccc(Cl)cc2)c(F)c1. The van der Waals surface area contributed by atoms with Gasteiger partial charge in [0.1, 0.15) is 11.9 Å². The predicted octanol–water partition coefficient (Wildman–Crippen LogP) is 3.21. The third-order valence-electron chi connectivity index (χ3n) is 4.78. The van der Waals surface area contributed by atoms with Gasteiger partial charge in [0.15, 0.2) is 0 Å². The molecule has 1 aliphatic rings. The zero-order valence-corrected chi connectivity index (χ0v) is 17.0. The van der Waals surface area contributed by atoms with E-state index in [0.29, 0.717) is 24.4 Å². The van der Waals surface area contributed by atoms with Crippen LogP contribution in [0.15, 0.2) is 47.4 Å². The molecule has 152 valence electrons. The molecule has 0 aliphatic carbocycles. The summed E-state index contributed by atoms with van der Waals surface area (Å²) in [7, 11) is -4.12. The maximum absolute atomic E-state index is 14.5. The maximum Gasteiger partial charge on any atom is 0.244 e. The minimum Gasteiger partial charge on any atom is -0.355 e. The van der Waals surface area contributed by atoms with E-state index < -0.39 is 27.8 Å². The summed E-state index contributed by atoms with van der Waals surface area (Å²) >= 11 is 5.87. The molecule has 0 radical (unpaired) electrons. The van der Waals surface area contributed by atoms with Crippen molar-refractivity contribution >= 4 is 27.5 Å². The standard InChI is InChI=1S/C20H19ClFN3O3S/c21-16-6-8-17(9-7-16)29(27,28)25(19-3-1-2-10-24-20(19)26)13-15-5-4-14(12-23)11-18(15)22/h4-9,11,19H,1-3,10,13H2,(H,24,26). The fraction of sp³-hybridized carbons (Fsp3) is 0.300. The number of halogens is 2. The van der Waals surface area contributed by atoms with Crippen LogP contribution in [0.1, 0.15) is 30.4 Å². The molecule has 6 nitrogen and oxygen atoms in total. The Morgan fingerprint density at radius 1 is 1.21 bits per heavy atom. The van der Waals surface area contributed by atoms with Gasteiger partial charge in [-0.15, -0.1) is 0 Å². The Labute approximate surface area is 173 Å². The minimum absolute atomic E-state index is 0.0343. The van der Waals surface area contributed by atoms with Gasteiger partial charge in [0.2, 0.25) is 15.9 Å². The van der Waals surface area contributed by atoms with Crippen LogP contribution in [0.5, 0.6) is 0 Å². The monoisotopic (exact) mass is 435 g/mol. The third kappa shape index (κ3) is 4.75. The molecule has 1 unspecified atom stereocenters. The molecule has 3 rings (SSSR count). The summed E-state index contributed by atoms with van der Waals surface area (Å²) in [6.45, 7) is 0.135. The number of hydrogen-bond donors (Lipinski definition) is 1. The van der Waals surface area contributed by atoms with Gasteiger partial charge in [0, 0.05) is 23.7 Å². The molecular formula is C20H19ClFN3O3S. The number of hydrogen-bond acceptors (Lipinski definition) is 4. The number of rotatable bonds is 5. The topological polar surface area (TPSA) is 90.3 Å². The van der Waals surface area contributed by atoms with Gasteiger partial charge in [-0.1, -0.05) is 17.7 Å². The molecule has 0 aromatic heterocycles. The Bertz CT molecular complexity index is 1050.